The number of benzene rings is 3. The van der Waals surface area contributed by atoms with Crippen molar-refractivity contribution in [3.05, 3.63) is 102 Å². The number of fused-ring (bicyclic) bond motifs is 2. The minimum Gasteiger partial charge on any atom is -0.795 e. The SMILES string of the molecule is C=CCN1CC(=O)N2C(Cc3ccc(OP(=O)([O-])[O-])cc3)C(=O)N(Cc3cccc4sc(NP(=O)([O-])[O-])nc34)C[C@@H]2N1C(=O)NCc1ccccc1.[Na+].[Na+].[Na+].[Na+]. The molecule has 24 heteroatoms. The van der Waals surface area contributed by atoms with E-state index in [1.54, 1.807) is 29.3 Å². The van der Waals surface area contributed by atoms with E-state index in [1.807, 2.05) is 35.4 Å². The summed E-state index contributed by atoms with van der Waals surface area (Å²) in [6, 6.07) is 18.0. The summed E-state index contributed by atoms with van der Waals surface area (Å²) in [6.07, 6.45) is 0.503. The normalized spacial score (nSPS) is 17.0. The van der Waals surface area contributed by atoms with Gasteiger partial charge in [-0.25, -0.2) is 19.8 Å². The number of hydrogen-bond donors (Lipinski definition) is 2. The Bertz CT molecular complexity index is 2100. The van der Waals surface area contributed by atoms with Crippen LogP contribution in [0.5, 0.6) is 5.75 Å². The molecule has 274 valence electrons. The molecule has 56 heavy (non-hydrogen) atoms. The van der Waals surface area contributed by atoms with E-state index in [0.717, 1.165) is 16.9 Å². The number of nitrogens with zero attached hydrogens (tertiary/aromatic N) is 5. The van der Waals surface area contributed by atoms with E-state index < -0.39 is 45.6 Å². The van der Waals surface area contributed by atoms with Crippen molar-refractivity contribution in [3.63, 3.8) is 0 Å². The van der Waals surface area contributed by atoms with Gasteiger partial charge in [-0.1, -0.05) is 72.0 Å². The van der Waals surface area contributed by atoms with E-state index in [9.17, 15) is 43.1 Å². The summed E-state index contributed by atoms with van der Waals surface area (Å²) in [5.41, 5.74) is 2.20. The maximum atomic E-state index is 14.4. The Kier molecular flexibility index (Phi) is 20.5. The van der Waals surface area contributed by atoms with Gasteiger partial charge in [0.05, 0.1) is 23.3 Å². The largest absolute Gasteiger partial charge is 1.00 e. The summed E-state index contributed by atoms with van der Waals surface area (Å²) in [6.45, 7) is 3.68. The van der Waals surface area contributed by atoms with Gasteiger partial charge in [-0.15, -0.1) is 6.58 Å². The fourth-order valence-corrected chi connectivity index (χ4v) is 8.19. The van der Waals surface area contributed by atoms with Gasteiger partial charge in [0.2, 0.25) is 11.8 Å². The van der Waals surface area contributed by atoms with Crippen LogP contribution in [-0.4, -0.2) is 74.5 Å². The standard InChI is InChI=1S/C32H35N7O10P2S.4Na/c1-2-15-37-20-28(40)38-25(16-21-11-13-24(14-12-21)49-51(46,47)48)30(41)36(19-27(38)39(37)32(42)33-17-22-7-4-3-5-8-22)18-23-9-6-10-26-29(23)34-31(52-26)35-50(43,44)45;;;;/h2-14,25,27H,1,15-20H2,(H,33,42)(H2,46,47,48)(H3,34,35,43,44,45);;;;/q;4*+1/p-4/t25?,27-;;;;/m0..../s1. The number of thiazole rings is 1. The molecule has 2 N–H and O–H groups in total. The van der Waals surface area contributed by atoms with E-state index in [2.05, 4.69) is 21.4 Å². The van der Waals surface area contributed by atoms with Gasteiger partial charge in [-0.2, -0.15) is 0 Å². The molecule has 4 aromatic rings. The number of phosphoric ester groups is 1. The van der Waals surface area contributed by atoms with E-state index in [0.29, 0.717) is 21.3 Å². The van der Waals surface area contributed by atoms with Crippen molar-refractivity contribution in [1.82, 2.24) is 30.1 Å². The molecule has 3 aromatic carbocycles. The maximum absolute atomic E-state index is 14.4. The van der Waals surface area contributed by atoms with Crippen LogP contribution in [0.25, 0.3) is 10.2 Å². The minimum absolute atomic E-state index is 0. The average Bonchev–Trinajstić information content (AvgIpc) is 3.48. The van der Waals surface area contributed by atoms with Crippen LogP contribution in [0.15, 0.2) is 85.5 Å². The zero-order valence-electron chi connectivity index (χ0n) is 31.2. The van der Waals surface area contributed by atoms with Crippen LogP contribution in [-0.2, 0) is 38.2 Å². The van der Waals surface area contributed by atoms with Gasteiger partial charge in [0.1, 0.15) is 25.8 Å². The van der Waals surface area contributed by atoms with Crippen molar-refractivity contribution >= 4 is 60.1 Å². The molecule has 1 aromatic heterocycles. The van der Waals surface area contributed by atoms with Crippen LogP contribution in [0.1, 0.15) is 16.7 Å². The average molecular weight is 860 g/mol. The van der Waals surface area contributed by atoms with Crippen molar-refractivity contribution in [2.75, 3.05) is 24.7 Å². The third kappa shape index (κ3) is 13.2. The molecular weight excluding hydrogens is 828 g/mol. The molecule has 17 nitrogen and oxygen atoms in total. The van der Waals surface area contributed by atoms with Gasteiger partial charge in [-0.05, 0) is 34.9 Å². The van der Waals surface area contributed by atoms with Crippen molar-refractivity contribution in [2.45, 2.75) is 31.7 Å². The van der Waals surface area contributed by atoms with E-state index in [4.69, 9.17) is 0 Å². The van der Waals surface area contributed by atoms with Crippen LogP contribution in [0.3, 0.4) is 0 Å². The Labute approximate surface area is 415 Å². The summed E-state index contributed by atoms with van der Waals surface area (Å²) in [7, 11) is -10.5. The Balaban J connectivity index is 0.00000271. The number of nitrogens with one attached hydrogen (secondary N) is 2. The summed E-state index contributed by atoms with van der Waals surface area (Å²) in [5.74, 6) is -1.12. The van der Waals surface area contributed by atoms with Gasteiger partial charge in [0.25, 0.3) is 0 Å². The monoisotopic (exact) mass is 859 g/mol. The van der Waals surface area contributed by atoms with Crippen molar-refractivity contribution in [2.24, 2.45) is 0 Å². The van der Waals surface area contributed by atoms with Gasteiger partial charge in [-0.3, -0.25) is 9.59 Å². The van der Waals surface area contributed by atoms with Crippen molar-refractivity contribution in [3.8, 4) is 5.75 Å². The molecule has 0 aliphatic carbocycles. The summed E-state index contributed by atoms with van der Waals surface area (Å²) < 4.78 is 27.5. The number of aromatic nitrogens is 1. The Morgan fingerprint density at radius 2 is 1.62 bits per heavy atom. The Hall–Kier alpha value is -0.640. The molecule has 3 heterocycles. The molecule has 2 aliphatic heterocycles. The predicted octanol–water partition coefficient (Wildman–Crippen LogP) is -11.5. The summed E-state index contributed by atoms with van der Waals surface area (Å²) in [5, 5.41) is 7.58. The first-order valence-electron chi connectivity index (χ1n) is 15.7. The first kappa shape index (κ1) is 51.5. The molecule has 4 amide bonds. The molecular formula is C32H31N7Na4O10P2S. The molecule has 1 unspecified atom stereocenters. The second kappa shape index (κ2) is 22.3. The summed E-state index contributed by atoms with van der Waals surface area (Å²) in [4.78, 5) is 94.4. The fraction of sp³-hybridized carbons (Fsp3) is 0.250. The number of piperazine rings is 1. The zero-order valence-corrected chi connectivity index (χ0v) is 41.8. The van der Waals surface area contributed by atoms with Crippen molar-refractivity contribution < 1.29 is 166 Å². The van der Waals surface area contributed by atoms with E-state index in [1.165, 1.54) is 39.1 Å². The van der Waals surface area contributed by atoms with Crippen LogP contribution in [0.2, 0.25) is 0 Å². The quantitative estimate of drug-likeness (QED) is 0.0766. The molecule has 2 saturated heterocycles. The predicted molar refractivity (Wildman–Crippen MR) is 181 cm³/mol. The van der Waals surface area contributed by atoms with Crippen LogP contribution in [0, 0.1) is 0 Å². The van der Waals surface area contributed by atoms with Crippen LogP contribution < -0.4 is 153 Å². The molecule has 0 radical (unpaired) electrons. The number of urea groups is 1. The third-order valence-corrected chi connectivity index (χ3v) is 10.3. The molecule has 0 saturated carbocycles. The van der Waals surface area contributed by atoms with E-state index >= 15 is 0 Å². The molecule has 0 bridgehead atoms. The molecule has 2 aliphatic rings. The second-order valence-electron chi connectivity index (χ2n) is 11.9. The minimum atomic E-state index is -5.32. The number of anilines is 1. The third-order valence-electron chi connectivity index (χ3n) is 8.33. The molecule has 0 spiro atoms. The van der Waals surface area contributed by atoms with E-state index in [-0.39, 0.29) is 168 Å². The van der Waals surface area contributed by atoms with Gasteiger partial charge in [0, 0.05) is 33.8 Å². The topological polar surface area (TPSA) is 237 Å². The number of phosphoric acid groups is 1. The first-order valence-corrected chi connectivity index (χ1v) is 19.6. The number of carbonyl (C=O) groups excluding carboxylic acids is 3. The maximum Gasteiger partial charge on any atom is 1.00 e. The molecule has 2 fully saturated rings. The number of rotatable bonds is 12. The Morgan fingerprint density at radius 3 is 2.25 bits per heavy atom. The Morgan fingerprint density at radius 1 is 0.946 bits per heavy atom. The molecule has 2 atom stereocenters. The van der Waals surface area contributed by atoms with Gasteiger partial charge < -0.3 is 53.4 Å². The second-order valence-corrected chi connectivity index (χ2v) is 15.2. The number of para-hydroxylation sites is 1. The van der Waals surface area contributed by atoms with Gasteiger partial charge >= 0.3 is 124 Å². The fourth-order valence-electron chi connectivity index (χ4n) is 6.24. The number of carbonyl (C=O) groups is 3. The zero-order chi connectivity index (χ0) is 37.2. The van der Waals surface area contributed by atoms with Gasteiger partial charge in [0.15, 0.2) is 5.13 Å². The number of hydrazine groups is 1. The molecule has 6 rings (SSSR count). The van der Waals surface area contributed by atoms with Crippen LogP contribution >= 0.6 is 26.9 Å². The van der Waals surface area contributed by atoms with Crippen molar-refractivity contribution in [1.29, 1.82) is 0 Å². The number of amides is 4. The van der Waals surface area contributed by atoms with Crippen LogP contribution in [0.4, 0.5) is 9.93 Å². The smallest absolute Gasteiger partial charge is 0.795 e. The number of hydrogen-bond acceptors (Lipinski definition) is 13. The first-order chi connectivity index (χ1) is 24.7. The summed E-state index contributed by atoms with van der Waals surface area (Å²) >= 11 is 0.945.